The molecule has 9 heteroatoms. The Morgan fingerprint density at radius 3 is 2.62 bits per heavy atom. The van der Waals surface area contributed by atoms with Crippen molar-refractivity contribution in [2.24, 2.45) is 13.0 Å². The predicted octanol–water partition coefficient (Wildman–Crippen LogP) is 3.71. The SMILES string of the molecule is Cn1cc(-c2cc(C3CCCS3(=O)=O)ccc2O[C@H]2C[C@H](OCC3CCNCC3)C2)c2cc[nH]c2c1=O. The van der Waals surface area contributed by atoms with E-state index in [1.807, 2.05) is 30.5 Å². The molecule has 2 N–H and O–H groups in total. The third-order valence-corrected chi connectivity index (χ3v) is 10.5. The van der Waals surface area contributed by atoms with Gasteiger partial charge in [-0.15, -0.1) is 0 Å². The van der Waals surface area contributed by atoms with E-state index in [9.17, 15) is 13.2 Å². The van der Waals surface area contributed by atoms with Crippen molar-refractivity contribution in [2.45, 2.75) is 56.0 Å². The summed E-state index contributed by atoms with van der Waals surface area (Å²) >= 11 is 0. The van der Waals surface area contributed by atoms with Crippen LogP contribution < -0.4 is 15.6 Å². The fraction of sp³-hybridized carbons (Fsp3) is 0.536. The van der Waals surface area contributed by atoms with Gasteiger partial charge in [0.15, 0.2) is 9.84 Å². The van der Waals surface area contributed by atoms with Gasteiger partial charge in [-0.3, -0.25) is 4.79 Å². The first kappa shape index (κ1) is 24.7. The molecular formula is C28H35N3O5S. The molecule has 8 nitrogen and oxygen atoms in total. The lowest BCUT2D eigenvalue weighted by atomic mass is 9.91. The molecule has 3 fully saturated rings. The van der Waals surface area contributed by atoms with E-state index < -0.39 is 15.1 Å². The van der Waals surface area contributed by atoms with Gasteiger partial charge in [-0.25, -0.2) is 8.42 Å². The Kier molecular flexibility index (Phi) is 6.63. The second-order valence-corrected chi connectivity index (χ2v) is 13.1. The van der Waals surface area contributed by atoms with Gasteiger partial charge in [-0.05, 0) is 68.5 Å². The van der Waals surface area contributed by atoms with Gasteiger partial charge in [-0.1, -0.05) is 6.07 Å². The van der Waals surface area contributed by atoms with E-state index in [-0.39, 0.29) is 23.5 Å². The van der Waals surface area contributed by atoms with Gasteiger partial charge < -0.3 is 24.3 Å². The van der Waals surface area contributed by atoms with Crippen LogP contribution in [0.1, 0.15) is 49.3 Å². The van der Waals surface area contributed by atoms with Crippen molar-refractivity contribution in [3.05, 3.63) is 52.6 Å². The summed E-state index contributed by atoms with van der Waals surface area (Å²) in [6, 6.07) is 7.65. The van der Waals surface area contributed by atoms with Crippen LogP contribution in [-0.4, -0.2) is 55.6 Å². The Morgan fingerprint density at radius 2 is 1.86 bits per heavy atom. The number of hydrogen-bond donors (Lipinski definition) is 2. The average Bonchev–Trinajstić information content (AvgIpc) is 3.50. The number of piperidine rings is 1. The van der Waals surface area contributed by atoms with Crippen LogP contribution in [0, 0.1) is 5.92 Å². The Morgan fingerprint density at radius 1 is 1.05 bits per heavy atom. The summed E-state index contributed by atoms with van der Waals surface area (Å²) in [5, 5.41) is 3.70. The number of H-pyrrole nitrogens is 1. The first-order chi connectivity index (χ1) is 17.9. The van der Waals surface area contributed by atoms with Gasteiger partial charge in [0.05, 0.1) is 17.1 Å². The van der Waals surface area contributed by atoms with Crippen molar-refractivity contribution in [1.82, 2.24) is 14.9 Å². The molecular weight excluding hydrogens is 490 g/mol. The molecule has 0 radical (unpaired) electrons. The molecule has 1 unspecified atom stereocenters. The number of ether oxygens (including phenoxy) is 2. The number of nitrogens with zero attached hydrogens (tertiary/aromatic N) is 1. The van der Waals surface area contributed by atoms with Crippen molar-refractivity contribution >= 4 is 20.7 Å². The smallest absolute Gasteiger partial charge is 0.274 e. The molecule has 37 heavy (non-hydrogen) atoms. The van der Waals surface area contributed by atoms with E-state index in [0.29, 0.717) is 30.0 Å². The topological polar surface area (TPSA) is 102 Å². The number of aryl methyl sites for hydroxylation is 1. The molecule has 0 bridgehead atoms. The molecule has 3 aliphatic rings. The van der Waals surface area contributed by atoms with E-state index in [2.05, 4.69) is 10.3 Å². The van der Waals surface area contributed by atoms with E-state index >= 15 is 0 Å². The van der Waals surface area contributed by atoms with Crippen molar-refractivity contribution in [1.29, 1.82) is 0 Å². The monoisotopic (exact) mass is 525 g/mol. The predicted molar refractivity (Wildman–Crippen MR) is 144 cm³/mol. The number of aromatic nitrogens is 2. The summed E-state index contributed by atoms with van der Waals surface area (Å²) < 4.78 is 39.6. The number of sulfone groups is 1. The lowest BCUT2D eigenvalue weighted by molar-refractivity contribution is -0.0732. The van der Waals surface area contributed by atoms with Crippen LogP contribution in [0.5, 0.6) is 5.75 Å². The Hall–Kier alpha value is -2.62. The summed E-state index contributed by atoms with van der Waals surface area (Å²) in [6.07, 6.45) is 9.20. The Labute approximate surface area is 217 Å². The first-order valence-electron chi connectivity index (χ1n) is 13.4. The highest BCUT2D eigenvalue weighted by atomic mass is 32.2. The number of rotatable bonds is 7. The van der Waals surface area contributed by atoms with Gasteiger partial charge >= 0.3 is 0 Å². The Balaban J connectivity index is 1.27. The van der Waals surface area contributed by atoms with Crippen LogP contribution in [0.2, 0.25) is 0 Å². The molecule has 198 valence electrons. The zero-order valence-electron chi connectivity index (χ0n) is 21.2. The van der Waals surface area contributed by atoms with Crippen LogP contribution in [0.15, 0.2) is 41.5 Å². The summed E-state index contributed by atoms with van der Waals surface area (Å²) in [6.45, 7) is 2.97. The van der Waals surface area contributed by atoms with Crippen LogP contribution in [0.4, 0.5) is 0 Å². The number of fused-ring (bicyclic) bond motifs is 1. The number of hydrogen-bond acceptors (Lipinski definition) is 6. The summed E-state index contributed by atoms with van der Waals surface area (Å²) in [7, 11) is -1.43. The second kappa shape index (κ2) is 9.93. The molecule has 2 saturated heterocycles. The summed E-state index contributed by atoms with van der Waals surface area (Å²) in [5.74, 6) is 1.58. The number of pyridine rings is 1. The zero-order valence-corrected chi connectivity index (χ0v) is 22.1. The van der Waals surface area contributed by atoms with Crippen molar-refractivity contribution < 1.29 is 17.9 Å². The third kappa shape index (κ3) is 4.84. The zero-order chi connectivity index (χ0) is 25.6. The fourth-order valence-corrected chi connectivity index (χ4v) is 7.90. The van der Waals surface area contributed by atoms with Gasteiger partial charge in [0.2, 0.25) is 0 Å². The molecule has 2 aromatic heterocycles. The fourth-order valence-electron chi connectivity index (χ4n) is 5.96. The van der Waals surface area contributed by atoms with Gasteiger partial charge in [0.25, 0.3) is 5.56 Å². The van der Waals surface area contributed by atoms with E-state index in [1.165, 1.54) is 12.8 Å². The molecule has 1 saturated carbocycles. The normalized spacial score (nSPS) is 25.8. The maximum atomic E-state index is 12.7. The minimum Gasteiger partial charge on any atom is -0.490 e. The molecule has 1 aliphatic carbocycles. The van der Waals surface area contributed by atoms with Crippen LogP contribution in [0.25, 0.3) is 22.0 Å². The van der Waals surface area contributed by atoms with Gasteiger partial charge in [0, 0.05) is 55.4 Å². The number of benzene rings is 1. The molecule has 4 heterocycles. The maximum Gasteiger partial charge on any atom is 0.274 e. The lowest BCUT2D eigenvalue weighted by Crippen LogP contribution is -2.41. The number of nitrogens with one attached hydrogen (secondary N) is 2. The largest absolute Gasteiger partial charge is 0.490 e. The molecule has 6 rings (SSSR count). The van der Waals surface area contributed by atoms with Crippen molar-refractivity contribution in [3.8, 4) is 16.9 Å². The molecule has 0 spiro atoms. The standard InChI is InChI=1S/C28H35N3O5S/c1-31-16-24(22-8-11-30-27(22)28(31)32)23-13-19(26-3-2-12-37(26,33)34)4-5-25(23)36-21-14-20(15-21)35-17-18-6-9-29-10-7-18/h4-5,8,11,13,16,18,20-21,26,29-30H,2-3,6-7,9-10,12,14-15,17H2,1H3/t20-,21-,26?. The molecule has 2 aliphatic heterocycles. The van der Waals surface area contributed by atoms with Crippen molar-refractivity contribution in [2.75, 3.05) is 25.4 Å². The summed E-state index contributed by atoms with van der Waals surface area (Å²) in [5.41, 5.74) is 2.88. The average molecular weight is 526 g/mol. The van der Waals surface area contributed by atoms with Crippen molar-refractivity contribution in [3.63, 3.8) is 0 Å². The van der Waals surface area contributed by atoms with Crippen LogP contribution in [0.3, 0.4) is 0 Å². The first-order valence-corrected chi connectivity index (χ1v) is 15.1. The molecule has 1 aromatic carbocycles. The molecule has 3 aromatic rings. The minimum atomic E-state index is -3.16. The minimum absolute atomic E-state index is 0.0482. The highest BCUT2D eigenvalue weighted by Crippen LogP contribution is 2.42. The third-order valence-electron chi connectivity index (χ3n) is 8.26. The molecule has 1 atom stereocenters. The highest BCUT2D eigenvalue weighted by Gasteiger charge is 2.35. The van der Waals surface area contributed by atoms with E-state index in [0.717, 1.165) is 54.6 Å². The van der Waals surface area contributed by atoms with Crippen LogP contribution >= 0.6 is 0 Å². The lowest BCUT2D eigenvalue weighted by Gasteiger charge is -2.37. The van der Waals surface area contributed by atoms with Gasteiger partial charge in [0.1, 0.15) is 17.4 Å². The second-order valence-electron chi connectivity index (χ2n) is 10.8. The van der Waals surface area contributed by atoms with E-state index in [4.69, 9.17) is 9.47 Å². The van der Waals surface area contributed by atoms with E-state index in [1.54, 1.807) is 17.8 Å². The number of aromatic amines is 1. The van der Waals surface area contributed by atoms with Crippen LogP contribution in [-0.2, 0) is 21.6 Å². The highest BCUT2D eigenvalue weighted by molar-refractivity contribution is 7.91. The maximum absolute atomic E-state index is 12.7. The Bertz CT molecular complexity index is 1450. The summed E-state index contributed by atoms with van der Waals surface area (Å²) in [4.78, 5) is 15.7. The molecule has 0 amide bonds. The van der Waals surface area contributed by atoms with Gasteiger partial charge in [-0.2, -0.15) is 0 Å². The quantitative estimate of drug-likeness (QED) is 0.488.